The van der Waals surface area contributed by atoms with E-state index in [9.17, 15) is 4.79 Å². The van der Waals surface area contributed by atoms with Crippen LogP contribution in [0.25, 0.3) is 10.1 Å². The van der Waals surface area contributed by atoms with Gasteiger partial charge in [0.25, 0.3) is 0 Å². The maximum Gasteiger partial charge on any atom is 0.348 e. The zero-order valence-corrected chi connectivity index (χ0v) is 12.5. The molecule has 1 aromatic heterocycles. The molecule has 90 valence electrons. The van der Waals surface area contributed by atoms with Crippen LogP contribution in [0.1, 0.15) is 22.2 Å². The lowest BCUT2D eigenvalue weighted by Gasteiger charge is -2.00. The SMILES string of the molecule is CCOC(=O)c1sc2c(Br)ccc(Cl)c2c1C. The highest BCUT2D eigenvalue weighted by Crippen LogP contribution is 2.40. The molecule has 5 heteroatoms. The molecule has 0 saturated carbocycles. The minimum Gasteiger partial charge on any atom is -0.462 e. The van der Waals surface area contributed by atoms with Crippen molar-refractivity contribution in [3.8, 4) is 0 Å². The molecule has 0 unspecified atom stereocenters. The first kappa shape index (κ1) is 12.9. The molecule has 0 spiro atoms. The van der Waals surface area contributed by atoms with Crippen molar-refractivity contribution in [3.05, 3.63) is 32.1 Å². The monoisotopic (exact) mass is 332 g/mol. The summed E-state index contributed by atoms with van der Waals surface area (Å²) in [6.45, 7) is 4.06. The van der Waals surface area contributed by atoms with E-state index in [-0.39, 0.29) is 5.97 Å². The number of hydrogen-bond donors (Lipinski definition) is 0. The number of carbonyl (C=O) groups is 1. The van der Waals surface area contributed by atoms with Crippen molar-refractivity contribution in [3.63, 3.8) is 0 Å². The van der Waals surface area contributed by atoms with Gasteiger partial charge in [-0.25, -0.2) is 4.79 Å². The van der Waals surface area contributed by atoms with Gasteiger partial charge in [-0.2, -0.15) is 0 Å². The van der Waals surface area contributed by atoms with Crippen molar-refractivity contribution in [1.82, 2.24) is 0 Å². The van der Waals surface area contributed by atoms with Crippen LogP contribution in [0.5, 0.6) is 0 Å². The molecule has 0 amide bonds. The van der Waals surface area contributed by atoms with Gasteiger partial charge in [-0.3, -0.25) is 0 Å². The lowest BCUT2D eigenvalue weighted by atomic mass is 10.1. The number of fused-ring (bicyclic) bond motifs is 1. The summed E-state index contributed by atoms with van der Waals surface area (Å²) in [5, 5.41) is 1.58. The van der Waals surface area contributed by atoms with Crippen molar-refractivity contribution in [2.75, 3.05) is 6.61 Å². The first-order valence-corrected chi connectivity index (χ1v) is 7.09. The molecule has 0 aliphatic rings. The van der Waals surface area contributed by atoms with Crippen LogP contribution in [-0.2, 0) is 4.74 Å². The van der Waals surface area contributed by atoms with Gasteiger partial charge in [-0.05, 0) is 47.5 Å². The molecule has 0 aliphatic carbocycles. The van der Waals surface area contributed by atoms with Gasteiger partial charge in [0.1, 0.15) is 4.88 Å². The first-order valence-electron chi connectivity index (χ1n) is 5.10. The third-order valence-corrected chi connectivity index (χ3v) is 4.98. The summed E-state index contributed by atoms with van der Waals surface area (Å²) < 4.78 is 6.96. The van der Waals surface area contributed by atoms with Gasteiger partial charge in [-0.1, -0.05) is 11.6 Å². The number of rotatable bonds is 2. The smallest absolute Gasteiger partial charge is 0.348 e. The number of thiophene rings is 1. The van der Waals surface area contributed by atoms with Crippen molar-refractivity contribution >= 4 is 54.9 Å². The number of ether oxygens (including phenoxy) is 1. The van der Waals surface area contributed by atoms with Gasteiger partial charge in [0.15, 0.2) is 0 Å². The average molecular weight is 334 g/mol. The Kier molecular flexibility index (Phi) is 3.76. The molecule has 1 aromatic carbocycles. The fourth-order valence-corrected chi connectivity index (χ4v) is 3.73. The summed E-state index contributed by atoms with van der Waals surface area (Å²) in [4.78, 5) is 12.4. The normalized spacial score (nSPS) is 10.8. The Morgan fingerprint density at radius 3 is 2.82 bits per heavy atom. The molecule has 1 heterocycles. The maximum atomic E-state index is 11.8. The van der Waals surface area contributed by atoms with Crippen LogP contribution in [0.4, 0.5) is 0 Å². The minimum absolute atomic E-state index is 0.283. The van der Waals surface area contributed by atoms with Crippen LogP contribution in [0, 0.1) is 6.92 Å². The van der Waals surface area contributed by atoms with Crippen LogP contribution >= 0.6 is 38.9 Å². The molecular weight excluding hydrogens is 324 g/mol. The molecule has 17 heavy (non-hydrogen) atoms. The highest BCUT2D eigenvalue weighted by molar-refractivity contribution is 9.10. The van der Waals surface area contributed by atoms with E-state index in [1.165, 1.54) is 11.3 Å². The predicted octanol–water partition coefficient (Wildman–Crippen LogP) is 4.80. The Hall–Kier alpha value is -0.580. The maximum absolute atomic E-state index is 11.8. The van der Waals surface area contributed by atoms with Crippen molar-refractivity contribution in [2.45, 2.75) is 13.8 Å². The van der Waals surface area contributed by atoms with Gasteiger partial charge < -0.3 is 4.74 Å². The number of carbonyl (C=O) groups excluding carboxylic acids is 1. The molecule has 0 radical (unpaired) electrons. The Balaban J connectivity index is 2.68. The highest BCUT2D eigenvalue weighted by atomic mass is 79.9. The Bertz CT molecular complexity index is 592. The standard InChI is InChI=1S/C12H10BrClO2S/c1-3-16-12(15)10-6(2)9-8(14)5-4-7(13)11(9)17-10/h4-5H,3H2,1-2H3. The third kappa shape index (κ3) is 2.21. The van der Waals surface area contributed by atoms with Gasteiger partial charge in [0.2, 0.25) is 0 Å². The molecule has 2 aromatic rings. The second-order valence-corrected chi connectivity index (χ2v) is 5.79. The number of benzene rings is 1. The van der Waals surface area contributed by atoms with E-state index in [1.807, 2.05) is 19.1 Å². The Morgan fingerprint density at radius 1 is 1.53 bits per heavy atom. The molecule has 0 bridgehead atoms. The van der Waals surface area contributed by atoms with Crippen molar-refractivity contribution in [1.29, 1.82) is 0 Å². The van der Waals surface area contributed by atoms with Gasteiger partial charge in [0.05, 0.1) is 11.3 Å². The Labute approximate surface area is 117 Å². The van der Waals surface area contributed by atoms with Gasteiger partial charge in [-0.15, -0.1) is 11.3 Å². The van der Waals surface area contributed by atoms with Gasteiger partial charge in [0, 0.05) is 14.9 Å². The summed E-state index contributed by atoms with van der Waals surface area (Å²) in [5.74, 6) is -0.283. The third-order valence-electron chi connectivity index (χ3n) is 2.44. The molecule has 0 aliphatic heterocycles. The lowest BCUT2D eigenvalue weighted by Crippen LogP contribution is -2.03. The Morgan fingerprint density at radius 2 is 2.24 bits per heavy atom. The second kappa shape index (κ2) is 4.96. The van der Waals surface area contributed by atoms with E-state index in [0.717, 1.165) is 20.1 Å². The van der Waals surface area contributed by atoms with Crippen LogP contribution in [0.15, 0.2) is 16.6 Å². The predicted molar refractivity (Wildman–Crippen MR) is 75.2 cm³/mol. The van der Waals surface area contributed by atoms with Crippen LogP contribution in [0.2, 0.25) is 5.02 Å². The topological polar surface area (TPSA) is 26.3 Å². The second-order valence-electron chi connectivity index (χ2n) is 3.51. The molecule has 2 nitrogen and oxygen atoms in total. The summed E-state index contributed by atoms with van der Waals surface area (Å²) in [6, 6.07) is 3.71. The first-order chi connectivity index (χ1) is 8.06. The highest BCUT2D eigenvalue weighted by Gasteiger charge is 2.19. The molecule has 0 saturated heterocycles. The molecule has 0 atom stereocenters. The number of hydrogen-bond acceptors (Lipinski definition) is 3. The van der Waals surface area contributed by atoms with E-state index < -0.39 is 0 Å². The summed E-state index contributed by atoms with van der Waals surface area (Å²) in [6.07, 6.45) is 0. The number of esters is 1. The lowest BCUT2D eigenvalue weighted by molar-refractivity contribution is 0.0531. The zero-order valence-electron chi connectivity index (χ0n) is 9.34. The number of aryl methyl sites for hydroxylation is 1. The molecule has 0 N–H and O–H groups in total. The van der Waals surface area contributed by atoms with Gasteiger partial charge >= 0.3 is 5.97 Å². The van der Waals surface area contributed by atoms with E-state index >= 15 is 0 Å². The quantitative estimate of drug-likeness (QED) is 0.738. The fourth-order valence-electron chi connectivity index (χ4n) is 1.67. The van der Waals surface area contributed by atoms with Crippen LogP contribution in [-0.4, -0.2) is 12.6 Å². The summed E-state index contributed by atoms with van der Waals surface area (Å²) >= 11 is 11.0. The van der Waals surface area contributed by atoms with E-state index in [0.29, 0.717) is 16.5 Å². The largest absolute Gasteiger partial charge is 0.462 e. The molecular formula is C12H10BrClO2S. The molecule has 0 fully saturated rings. The van der Waals surface area contributed by atoms with E-state index in [4.69, 9.17) is 16.3 Å². The molecule has 2 rings (SSSR count). The minimum atomic E-state index is -0.283. The van der Waals surface area contributed by atoms with Crippen molar-refractivity contribution in [2.24, 2.45) is 0 Å². The zero-order chi connectivity index (χ0) is 12.6. The number of halogens is 2. The van der Waals surface area contributed by atoms with E-state index in [1.54, 1.807) is 6.92 Å². The summed E-state index contributed by atoms with van der Waals surface area (Å²) in [5.41, 5.74) is 0.884. The summed E-state index contributed by atoms with van der Waals surface area (Å²) in [7, 11) is 0. The fraction of sp³-hybridized carbons (Fsp3) is 0.250. The van der Waals surface area contributed by atoms with Crippen LogP contribution < -0.4 is 0 Å². The van der Waals surface area contributed by atoms with Crippen LogP contribution in [0.3, 0.4) is 0 Å². The van der Waals surface area contributed by atoms with E-state index in [2.05, 4.69) is 15.9 Å². The van der Waals surface area contributed by atoms with Crippen molar-refractivity contribution < 1.29 is 9.53 Å². The average Bonchev–Trinajstić information content (AvgIpc) is 2.63.